The fraction of sp³-hybridized carbons (Fsp3) is 0. The van der Waals surface area contributed by atoms with Crippen LogP contribution in [0.15, 0.2) is 42.5 Å². The number of rotatable bonds is 2. The molecule has 5 heteroatoms. The maximum absolute atomic E-state index is 13.4. The Morgan fingerprint density at radius 2 is 1.94 bits per heavy atom. The monoisotopic (exact) mass is 264 g/mol. The molecule has 0 radical (unpaired) electrons. The van der Waals surface area contributed by atoms with Gasteiger partial charge in [0, 0.05) is 10.7 Å². The van der Waals surface area contributed by atoms with Crippen molar-refractivity contribution in [3.63, 3.8) is 0 Å². The highest BCUT2D eigenvalue weighted by atomic mass is 35.5. The molecule has 0 atom stereocenters. The van der Waals surface area contributed by atoms with E-state index in [-0.39, 0.29) is 16.9 Å². The van der Waals surface area contributed by atoms with Gasteiger partial charge in [0.1, 0.15) is 5.82 Å². The van der Waals surface area contributed by atoms with Gasteiger partial charge in [-0.05, 0) is 30.3 Å². The predicted octanol–water partition coefficient (Wildman–Crippen LogP) is 3.31. The summed E-state index contributed by atoms with van der Waals surface area (Å²) >= 11 is 5.79. The Hall–Kier alpha value is -2.07. The Balaban J connectivity index is 2.28. The highest BCUT2D eigenvalue weighted by Crippen LogP contribution is 2.20. The standard InChI is InChI=1S/C13H10ClFN2O/c14-8-5-6-11(16)9(7-8)13(18)17-12-4-2-1-3-10(12)15/h1-7H,16H2,(H,17,18). The van der Waals surface area contributed by atoms with Gasteiger partial charge >= 0.3 is 0 Å². The van der Waals surface area contributed by atoms with Crippen LogP contribution in [0.4, 0.5) is 15.8 Å². The van der Waals surface area contributed by atoms with Crippen LogP contribution in [-0.2, 0) is 0 Å². The van der Waals surface area contributed by atoms with Gasteiger partial charge in [-0.1, -0.05) is 23.7 Å². The maximum Gasteiger partial charge on any atom is 0.257 e. The fourth-order valence-corrected chi connectivity index (χ4v) is 1.65. The van der Waals surface area contributed by atoms with Gasteiger partial charge in [0.15, 0.2) is 0 Å². The van der Waals surface area contributed by atoms with E-state index in [2.05, 4.69) is 5.32 Å². The van der Waals surface area contributed by atoms with E-state index in [0.29, 0.717) is 5.02 Å². The van der Waals surface area contributed by atoms with E-state index in [1.54, 1.807) is 18.2 Å². The van der Waals surface area contributed by atoms with Gasteiger partial charge in [0.05, 0.1) is 11.3 Å². The minimum Gasteiger partial charge on any atom is -0.398 e. The third-order valence-corrected chi connectivity index (χ3v) is 2.62. The van der Waals surface area contributed by atoms with Crippen LogP contribution in [0.3, 0.4) is 0 Å². The van der Waals surface area contributed by atoms with Crippen molar-refractivity contribution in [2.45, 2.75) is 0 Å². The molecule has 0 spiro atoms. The summed E-state index contributed by atoms with van der Waals surface area (Å²) in [6, 6.07) is 10.4. The molecule has 1 amide bonds. The van der Waals surface area contributed by atoms with E-state index in [9.17, 15) is 9.18 Å². The number of hydrogen-bond donors (Lipinski definition) is 2. The summed E-state index contributed by atoms with van der Waals surface area (Å²) < 4.78 is 13.4. The Labute approximate surface area is 108 Å². The molecule has 2 aromatic carbocycles. The first-order valence-electron chi connectivity index (χ1n) is 5.19. The molecule has 0 fully saturated rings. The Morgan fingerprint density at radius 1 is 1.22 bits per heavy atom. The van der Waals surface area contributed by atoms with Crippen LogP contribution in [0.2, 0.25) is 5.02 Å². The first kappa shape index (κ1) is 12.4. The molecule has 0 aliphatic rings. The molecule has 0 aliphatic carbocycles. The lowest BCUT2D eigenvalue weighted by Gasteiger charge is -2.08. The van der Waals surface area contributed by atoms with Gasteiger partial charge in [0.2, 0.25) is 0 Å². The molecule has 0 unspecified atom stereocenters. The van der Waals surface area contributed by atoms with Crippen LogP contribution < -0.4 is 11.1 Å². The summed E-state index contributed by atoms with van der Waals surface area (Å²) in [7, 11) is 0. The number of para-hydroxylation sites is 1. The van der Waals surface area contributed by atoms with Crippen molar-refractivity contribution in [1.29, 1.82) is 0 Å². The van der Waals surface area contributed by atoms with Gasteiger partial charge in [-0.25, -0.2) is 4.39 Å². The lowest BCUT2D eigenvalue weighted by Crippen LogP contribution is -2.14. The van der Waals surface area contributed by atoms with Gasteiger partial charge in [0.25, 0.3) is 5.91 Å². The second-order valence-electron chi connectivity index (χ2n) is 3.67. The molecule has 0 aromatic heterocycles. The van der Waals surface area contributed by atoms with Crippen molar-refractivity contribution in [1.82, 2.24) is 0 Å². The number of anilines is 2. The minimum absolute atomic E-state index is 0.0990. The molecule has 0 saturated heterocycles. The summed E-state index contributed by atoms with van der Waals surface area (Å²) in [6.45, 7) is 0. The number of nitrogens with two attached hydrogens (primary N) is 1. The zero-order valence-corrected chi connectivity index (χ0v) is 10.0. The van der Waals surface area contributed by atoms with Crippen molar-refractivity contribution < 1.29 is 9.18 Å². The van der Waals surface area contributed by atoms with Crippen LogP contribution in [0, 0.1) is 5.82 Å². The van der Waals surface area contributed by atoms with Gasteiger partial charge in [-0.15, -0.1) is 0 Å². The molecule has 3 nitrogen and oxygen atoms in total. The fourth-order valence-electron chi connectivity index (χ4n) is 1.48. The van der Waals surface area contributed by atoms with E-state index < -0.39 is 11.7 Å². The number of carbonyl (C=O) groups is 1. The largest absolute Gasteiger partial charge is 0.398 e. The van der Waals surface area contributed by atoms with Gasteiger partial charge < -0.3 is 11.1 Å². The number of hydrogen-bond acceptors (Lipinski definition) is 2. The smallest absolute Gasteiger partial charge is 0.257 e. The lowest BCUT2D eigenvalue weighted by atomic mass is 10.1. The first-order chi connectivity index (χ1) is 8.58. The quantitative estimate of drug-likeness (QED) is 0.818. The molecule has 0 bridgehead atoms. The molecule has 2 aromatic rings. The molecule has 18 heavy (non-hydrogen) atoms. The van der Waals surface area contributed by atoms with Crippen molar-refractivity contribution in [3.05, 3.63) is 58.9 Å². The summed E-state index contributed by atoms with van der Waals surface area (Å²) in [6.07, 6.45) is 0. The van der Waals surface area contributed by atoms with Crippen molar-refractivity contribution in [2.24, 2.45) is 0 Å². The molecule has 0 aliphatic heterocycles. The lowest BCUT2D eigenvalue weighted by molar-refractivity contribution is 0.102. The zero-order chi connectivity index (χ0) is 13.1. The number of nitrogen functional groups attached to an aromatic ring is 1. The van der Waals surface area contributed by atoms with Crippen molar-refractivity contribution in [3.8, 4) is 0 Å². The highest BCUT2D eigenvalue weighted by Gasteiger charge is 2.12. The summed E-state index contributed by atoms with van der Waals surface area (Å²) in [5.41, 5.74) is 6.27. The average molecular weight is 265 g/mol. The second kappa shape index (κ2) is 5.06. The average Bonchev–Trinajstić information content (AvgIpc) is 2.35. The van der Waals surface area contributed by atoms with Gasteiger partial charge in [-0.2, -0.15) is 0 Å². The SMILES string of the molecule is Nc1ccc(Cl)cc1C(=O)Nc1ccccc1F. The molecule has 2 rings (SSSR count). The van der Waals surface area contributed by atoms with E-state index in [4.69, 9.17) is 17.3 Å². The van der Waals surface area contributed by atoms with Crippen molar-refractivity contribution >= 4 is 28.9 Å². The number of halogens is 2. The zero-order valence-electron chi connectivity index (χ0n) is 9.28. The van der Waals surface area contributed by atoms with E-state index >= 15 is 0 Å². The Morgan fingerprint density at radius 3 is 2.67 bits per heavy atom. The van der Waals surface area contributed by atoms with Crippen LogP contribution >= 0.6 is 11.6 Å². The van der Waals surface area contributed by atoms with E-state index in [0.717, 1.165) is 0 Å². The van der Waals surface area contributed by atoms with Crippen LogP contribution in [0.1, 0.15) is 10.4 Å². The third-order valence-electron chi connectivity index (χ3n) is 2.38. The molecular weight excluding hydrogens is 255 g/mol. The Bertz CT molecular complexity index is 601. The summed E-state index contributed by atoms with van der Waals surface area (Å²) in [5, 5.41) is 2.83. The molecule has 0 saturated carbocycles. The highest BCUT2D eigenvalue weighted by molar-refractivity contribution is 6.31. The molecule has 0 heterocycles. The third kappa shape index (κ3) is 2.60. The predicted molar refractivity (Wildman–Crippen MR) is 70.2 cm³/mol. The van der Waals surface area contributed by atoms with E-state index in [1.165, 1.54) is 24.3 Å². The topological polar surface area (TPSA) is 55.1 Å². The maximum atomic E-state index is 13.4. The second-order valence-corrected chi connectivity index (χ2v) is 4.10. The normalized spacial score (nSPS) is 10.1. The van der Waals surface area contributed by atoms with Crippen molar-refractivity contribution in [2.75, 3.05) is 11.1 Å². The minimum atomic E-state index is -0.508. The van der Waals surface area contributed by atoms with Crippen LogP contribution in [-0.4, -0.2) is 5.91 Å². The van der Waals surface area contributed by atoms with Crippen LogP contribution in [0.25, 0.3) is 0 Å². The summed E-state index contributed by atoms with van der Waals surface area (Å²) in [4.78, 5) is 11.9. The molecular formula is C13H10ClFN2O. The molecule has 92 valence electrons. The Kier molecular flexibility index (Phi) is 3.48. The molecule has 3 N–H and O–H groups in total. The number of nitrogens with one attached hydrogen (secondary N) is 1. The van der Waals surface area contributed by atoms with Gasteiger partial charge in [-0.3, -0.25) is 4.79 Å². The van der Waals surface area contributed by atoms with Crippen LogP contribution in [0.5, 0.6) is 0 Å². The number of carbonyl (C=O) groups excluding carboxylic acids is 1. The first-order valence-corrected chi connectivity index (χ1v) is 5.56. The van der Waals surface area contributed by atoms with E-state index in [1.807, 2.05) is 0 Å². The summed E-state index contributed by atoms with van der Waals surface area (Å²) in [5.74, 6) is -1.01. The number of benzene rings is 2. The number of amides is 1.